The maximum atomic E-state index is 12.9. The number of rotatable bonds is 6. The molecule has 2 aromatic rings. The van der Waals surface area contributed by atoms with Gasteiger partial charge < -0.3 is 14.7 Å². The molecule has 0 radical (unpaired) electrons. The van der Waals surface area contributed by atoms with E-state index in [2.05, 4.69) is 25.0 Å². The number of imidazole rings is 1. The molecule has 1 fully saturated rings. The van der Waals surface area contributed by atoms with Crippen molar-refractivity contribution >= 4 is 16.0 Å². The molecule has 1 aliphatic heterocycles. The number of guanidine groups is 1. The second-order valence-corrected chi connectivity index (χ2v) is 8.03. The van der Waals surface area contributed by atoms with Gasteiger partial charge in [0.25, 0.3) is 0 Å². The third kappa shape index (κ3) is 4.65. The highest BCUT2D eigenvalue weighted by Gasteiger charge is 2.29. The molecule has 0 aliphatic carbocycles. The molecule has 1 N–H and O–H groups in total. The molecular weight excluding hydrogens is 396 g/mol. The van der Waals surface area contributed by atoms with Crippen LogP contribution in [0.5, 0.6) is 0 Å². The van der Waals surface area contributed by atoms with E-state index >= 15 is 0 Å². The zero-order chi connectivity index (χ0) is 20.1. The van der Waals surface area contributed by atoms with Crippen molar-refractivity contribution in [1.82, 2.24) is 29.2 Å². The molecule has 0 aromatic carbocycles. The Morgan fingerprint density at radius 2 is 2.11 bits per heavy atom. The Morgan fingerprint density at radius 3 is 2.71 bits per heavy atom. The fourth-order valence-electron chi connectivity index (χ4n) is 2.92. The van der Waals surface area contributed by atoms with Crippen molar-refractivity contribution in [2.45, 2.75) is 18.8 Å². The number of nitrogens with zero attached hydrogens (tertiary/aromatic N) is 6. The SMILES string of the molecule is CN=C(NCc1nccn1C(F)F)N1CCN(S(=O)(=O)Cc2ccon2)CC1. The van der Waals surface area contributed by atoms with Gasteiger partial charge >= 0.3 is 6.55 Å². The van der Waals surface area contributed by atoms with Gasteiger partial charge in [-0.1, -0.05) is 5.16 Å². The van der Waals surface area contributed by atoms with Gasteiger partial charge in [0.05, 0.1) is 12.2 Å². The lowest BCUT2D eigenvalue weighted by Crippen LogP contribution is -2.53. The Morgan fingerprint density at radius 1 is 1.36 bits per heavy atom. The number of hydrogen-bond acceptors (Lipinski definition) is 6. The molecular formula is C15H21F2N7O3S. The van der Waals surface area contributed by atoms with Gasteiger partial charge in [-0.25, -0.2) is 13.4 Å². The predicted molar refractivity (Wildman–Crippen MR) is 96.0 cm³/mol. The highest BCUT2D eigenvalue weighted by Crippen LogP contribution is 2.14. The van der Waals surface area contributed by atoms with Gasteiger partial charge in [0, 0.05) is 51.7 Å². The monoisotopic (exact) mass is 417 g/mol. The number of aromatic nitrogens is 3. The maximum absolute atomic E-state index is 12.9. The highest BCUT2D eigenvalue weighted by atomic mass is 32.2. The third-order valence-electron chi connectivity index (χ3n) is 4.33. The molecule has 1 aliphatic rings. The van der Waals surface area contributed by atoms with E-state index in [1.807, 2.05) is 4.90 Å². The quantitative estimate of drug-likeness (QED) is 0.538. The number of aliphatic imine (C=N–C) groups is 1. The summed E-state index contributed by atoms with van der Waals surface area (Å²) in [7, 11) is -1.92. The lowest BCUT2D eigenvalue weighted by Gasteiger charge is -2.35. The van der Waals surface area contributed by atoms with Crippen LogP contribution in [0.4, 0.5) is 8.78 Å². The number of sulfonamides is 1. The Balaban J connectivity index is 1.55. The van der Waals surface area contributed by atoms with Gasteiger partial charge in [0.15, 0.2) is 5.96 Å². The van der Waals surface area contributed by atoms with Crippen LogP contribution in [0.15, 0.2) is 34.2 Å². The normalized spacial score (nSPS) is 16.7. The van der Waals surface area contributed by atoms with Crippen LogP contribution in [0.1, 0.15) is 18.1 Å². The molecule has 1 saturated heterocycles. The van der Waals surface area contributed by atoms with Crippen LogP contribution in [0, 0.1) is 0 Å². The number of nitrogens with one attached hydrogen (secondary N) is 1. The highest BCUT2D eigenvalue weighted by molar-refractivity contribution is 7.88. The van der Waals surface area contributed by atoms with Gasteiger partial charge in [0.1, 0.15) is 17.8 Å². The minimum atomic E-state index is -3.50. The van der Waals surface area contributed by atoms with Gasteiger partial charge in [-0.05, 0) is 0 Å². The van der Waals surface area contributed by atoms with E-state index in [1.54, 1.807) is 7.05 Å². The summed E-state index contributed by atoms with van der Waals surface area (Å²) in [5.41, 5.74) is 0.356. The average Bonchev–Trinajstić information content (AvgIpc) is 3.34. The zero-order valence-corrected chi connectivity index (χ0v) is 16.0. The first kappa shape index (κ1) is 20.2. The number of halogens is 2. The first-order valence-electron chi connectivity index (χ1n) is 8.53. The van der Waals surface area contributed by atoms with E-state index in [-0.39, 0.29) is 31.2 Å². The van der Waals surface area contributed by atoms with Crippen LogP contribution in [-0.4, -0.2) is 71.5 Å². The van der Waals surface area contributed by atoms with E-state index < -0.39 is 16.6 Å². The van der Waals surface area contributed by atoms with Gasteiger partial charge in [-0.3, -0.25) is 9.56 Å². The summed E-state index contributed by atoms with van der Waals surface area (Å²) in [6.45, 7) is -1.18. The van der Waals surface area contributed by atoms with Crippen LogP contribution < -0.4 is 5.32 Å². The van der Waals surface area contributed by atoms with Crippen LogP contribution >= 0.6 is 0 Å². The van der Waals surface area contributed by atoms with Crippen molar-refractivity contribution in [2.75, 3.05) is 33.2 Å². The van der Waals surface area contributed by atoms with Crippen LogP contribution in [0.25, 0.3) is 0 Å². The minimum absolute atomic E-state index is 0.0781. The second-order valence-electron chi connectivity index (χ2n) is 6.06. The van der Waals surface area contributed by atoms with Crippen LogP contribution in [-0.2, 0) is 22.3 Å². The minimum Gasteiger partial charge on any atom is -0.364 e. The summed E-state index contributed by atoms with van der Waals surface area (Å²) >= 11 is 0. The maximum Gasteiger partial charge on any atom is 0.319 e. The summed E-state index contributed by atoms with van der Waals surface area (Å²) < 4.78 is 57.6. The van der Waals surface area contributed by atoms with Crippen LogP contribution in [0.3, 0.4) is 0 Å². The van der Waals surface area contributed by atoms with Crippen molar-refractivity contribution in [1.29, 1.82) is 0 Å². The lowest BCUT2D eigenvalue weighted by molar-refractivity contribution is 0.0668. The van der Waals surface area contributed by atoms with Gasteiger partial charge in [-0.15, -0.1) is 0 Å². The van der Waals surface area contributed by atoms with E-state index in [1.165, 1.54) is 29.0 Å². The standard InChI is InChI=1S/C15H21F2N7O3S/c1-18-15(20-10-13-19-3-4-24(13)14(16)17)22-5-7-23(8-6-22)28(25,26)11-12-2-9-27-21-12/h2-4,9,14H,5-8,10-11H2,1H3,(H,18,20). The average molecular weight is 417 g/mol. The van der Waals surface area contributed by atoms with Crippen LogP contribution in [0.2, 0.25) is 0 Å². The second kappa shape index (κ2) is 8.65. The Kier molecular flexibility index (Phi) is 6.24. The molecule has 0 bridgehead atoms. The molecule has 2 aromatic heterocycles. The molecule has 154 valence electrons. The molecule has 3 rings (SSSR count). The van der Waals surface area contributed by atoms with Crippen molar-refractivity contribution in [3.05, 3.63) is 36.2 Å². The van der Waals surface area contributed by atoms with E-state index in [0.29, 0.717) is 24.7 Å². The molecule has 28 heavy (non-hydrogen) atoms. The number of piperazine rings is 1. The van der Waals surface area contributed by atoms with Gasteiger partial charge in [0.2, 0.25) is 10.0 Å². The summed E-state index contributed by atoms with van der Waals surface area (Å²) in [6, 6.07) is 1.52. The smallest absolute Gasteiger partial charge is 0.319 e. The largest absolute Gasteiger partial charge is 0.364 e. The summed E-state index contributed by atoms with van der Waals surface area (Å²) in [6.07, 6.45) is 3.85. The molecule has 13 heteroatoms. The fourth-order valence-corrected chi connectivity index (χ4v) is 4.34. The summed E-state index contributed by atoms with van der Waals surface area (Å²) in [5, 5.41) is 6.63. The first-order valence-corrected chi connectivity index (χ1v) is 10.1. The third-order valence-corrected chi connectivity index (χ3v) is 6.14. The summed E-state index contributed by atoms with van der Waals surface area (Å²) in [5.74, 6) is 0.467. The molecule has 0 saturated carbocycles. The van der Waals surface area contributed by atoms with Crippen molar-refractivity contribution in [3.8, 4) is 0 Å². The van der Waals surface area contributed by atoms with Gasteiger partial charge in [-0.2, -0.15) is 13.1 Å². The summed E-state index contributed by atoms with van der Waals surface area (Å²) in [4.78, 5) is 9.94. The van der Waals surface area contributed by atoms with E-state index in [0.717, 1.165) is 4.57 Å². The van der Waals surface area contributed by atoms with E-state index in [9.17, 15) is 17.2 Å². The molecule has 0 unspecified atom stereocenters. The molecule has 0 spiro atoms. The first-order chi connectivity index (χ1) is 13.4. The van der Waals surface area contributed by atoms with Crippen molar-refractivity contribution in [2.24, 2.45) is 4.99 Å². The van der Waals surface area contributed by atoms with E-state index in [4.69, 9.17) is 0 Å². The number of alkyl halides is 2. The topological polar surface area (TPSA) is 109 Å². The Hall–Kier alpha value is -2.54. The lowest BCUT2D eigenvalue weighted by atomic mass is 10.4. The Labute approximate surface area is 160 Å². The van der Waals surface area contributed by atoms with Crippen molar-refractivity contribution in [3.63, 3.8) is 0 Å². The zero-order valence-electron chi connectivity index (χ0n) is 15.2. The Bertz CT molecular complexity index is 891. The predicted octanol–water partition coefficient (Wildman–Crippen LogP) is 0.489. The molecule has 10 nitrogen and oxygen atoms in total. The molecule has 3 heterocycles. The van der Waals surface area contributed by atoms with Crippen molar-refractivity contribution < 1.29 is 21.7 Å². The fraction of sp³-hybridized carbons (Fsp3) is 0.533. The molecule has 0 atom stereocenters. The number of hydrogen-bond donors (Lipinski definition) is 1. The molecule has 0 amide bonds.